The SMILES string of the molecule is Cc1ccc(S(=O)(=O)N(CC(=O)NCCC2=CCCCC2)c2ccccc2F)cc1. The number of carbonyl (C=O) groups is 1. The standard InChI is InChI=1S/C23H27FN2O3S/c1-18-11-13-20(14-12-18)30(28,29)26(22-10-6-5-9-21(22)24)17-23(27)25-16-15-19-7-3-2-4-8-19/h5-7,9-14H,2-4,8,15-17H2,1H3,(H,25,27). The number of halogens is 1. The number of para-hydroxylation sites is 1. The Kier molecular flexibility index (Phi) is 7.26. The summed E-state index contributed by atoms with van der Waals surface area (Å²) in [6, 6.07) is 11.8. The highest BCUT2D eigenvalue weighted by Gasteiger charge is 2.29. The highest BCUT2D eigenvalue weighted by molar-refractivity contribution is 7.92. The second-order valence-corrected chi connectivity index (χ2v) is 9.35. The summed E-state index contributed by atoms with van der Waals surface area (Å²) >= 11 is 0. The number of anilines is 1. The fourth-order valence-corrected chi connectivity index (χ4v) is 4.90. The van der Waals surface area contributed by atoms with Gasteiger partial charge in [-0.2, -0.15) is 0 Å². The molecule has 3 rings (SSSR count). The lowest BCUT2D eigenvalue weighted by Gasteiger charge is -2.24. The Balaban J connectivity index is 1.78. The Labute approximate surface area is 177 Å². The minimum Gasteiger partial charge on any atom is -0.354 e. The van der Waals surface area contributed by atoms with Crippen molar-refractivity contribution >= 4 is 21.6 Å². The Morgan fingerprint density at radius 3 is 2.50 bits per heavy atom. The summed E-state index contributed by atoms with van der Waals surface area (Å²) in [4.78, 5) is 12.6. The first-order valence-corrected chi connectivity index (χ1v) is 11.6. The number of carbonyl (C=O) groups excluding carboxylic acids is 1. The van der Waals surface area contributed by atoms with E-state index in [2.05, 4.69) is 11.4 Å². The molecule has 1 aliphatic rings. The molecular weight excluding hydrogens is 403 g/mol. The number of aryl methyl sites for hydroxylation is 1. The maximum atomic E-state index is 14.4. The van der Waals surface area contributed by atoms with Gasteiger partial charge in [-0.1, -0.05) is 41.5 Å². The Bertz CT molecular complexity index is 1020. The number of sulfonamides is 1. The van der Waals surface area contributed by atoms with Crippen molar-refractivity contribution in [3.63, 3.8) is 0 Å². The molecule has 0 heterocycles. The van der Waals surface area contributed by atoms with Gasteiger partial charge in [-0.05, 0) is 63.3 Å². The van der Waals surface area contributed by atoms with Crippen molar-refractivity contribution in [2.24, 2.45) is 0 Å². The Morgan fingerprint density at radius 2 is 1.83 bits per heavy atom. The van der Waals surface area contributed by atoms with E-state index in [1.807, 2.05) is 6.92 Å². The maximum Gasteiger partial charge on any atom is 0.264 e. The van der Waals surface area contributed by atoms with Gasteiger partial charge in [-0.15, -0.1) is 0 Å². The smallest absolute Gasteiger partial charge is 0.264 e. The van der Waals surface area contributed by atoms with Crippen LogP contribution < -0.4 is 9.62 Å². The predicted molar refractivity (Wildman–Crippen MR) is 116 cm³/mol. The average molecular weight is 431 g/mol. The molecule has 0 atom stereocenters. The largest absolute Gasteiger partial charge is 0.354 e. The normalized spacial score (nSPS) is 14.1. The van der Waals surface area contributed by atoms with E-state index in [0.717, 1.165) is 35.6 Å². The molecule has 160 valence electrons. The molecule has 1 amide bonds. The molecule has 7 heteroatoms. The van der Waals surface area contributed by atoms with Gasteiger partial charge >= 0.3 is 0 Å². The van der Waals surface area contributed by atoms with Gasteiger partial charge in [-0.25, -0.2) is 12.8 Å². The lowest BCUT2D eigenvalue weighted by molar-refractivity contribution is -0.119. The third-order valence-corrected chi connectivity index (χ3v) is 6.94. The molecule has 0 spiro atoms. The number of nitrogens with one attached hydrogen (secondary N) is 1. The summed E-state index contributed by atoms with van der Waals surface area (Å²) in [6.07, 6.45) is 7.43. The van der Waals surface area contributed by atoms with Crippen LogP contribution in [-0.2, 0) is 14.8 Å². The number of rotatable bonds is 8. The van der Waals surface area contributed by atoms with Crippen LogP contribution in [0.5, 0.6) is 0 Å². The highest BCUT2D eigenvalue weighted by Crippen LogP contribution is 2.26. The number of hydrogen-bond donors (Lipinski definition) is 1. The first-order valence-electron chi connectivity index (χ1n) is 10.2. The van der Waals surface area contributed by atoms with E-state index in [1.54, 1.807) is 18.2 Å². The molecule has 0 unspecified atom stereocenters. The molecule has 0 aromatic heterocycles. The van der Waals surface area contributed by atoms with Crippen LogP contribution in [-0.4, -0.2) is 27.4 Å². The average Bonchev–Trinajstić information content (AvgIpc) is 2.74. The Morgan fingerprint density at radius 1 is 1.10 bits per heavy atom. The van der Waals surface area contributed by atoms with Gasteiger partial charge in [0.05, 0.1) is 10.6 Å². The summed E-state index contributed by atoms with van der Waals surface area (Å²) in [6.45, 7) is 1.79. The van der Waals surface area contributed by atoms with Crippen molar-refractivity contribution in [3.05, 3.63) is 71.6 Å². The van der Waals surface area contributed by atoms with E-state index in [1.165, 1.54) is 42.3 Å². The van der Waals surface area contributed by atoms with E-state index in [0.29, 0.717) is 6.54 Å². The summed E-state index contributed by atoms with van der Waals surface area (Å²) in [5.74, 6) is -1.17. The van der Waals surface area contributed by atoms with E-state index in [-0.39, 0.29) is 10.6 Å². The number of hydrogen-bond acceptors (Lipinski definition) is 3. The van der Waals surface area contributed by atoms with Crippen LogP contribution in [0.3, 0.4) is 0 Å². The van der Waals surface area contributed by atoms with Gasteiger partial charge in [0.25, 0.3) is 10.0 Å². The van der Waals surface area contributed by atoms with Crippen molar-refractivity contribution < 1.29 is 17.6 Å². The number of allylic oxidation sites excluding steroid dienone is 1. The van der Waals surface area contributed by atoms with Crippen molar-refractivity contribution in [1.82, 2.24) is 5.32 Å². The van der Waals surface area contributed by atoms with E-state index >= 15 is 0 Å². The van der Waals surface area contributed by atoms with Crippen LogP contribution in [0.1, 0.15) is 37.7 Å². The van der Waals surface area contributed by atoms with Crippen molar-refractivity contribution in [2.75, 3.05) is 17.4 Å². The number of nitrogens with zero attached hydrogens (tertiary/aromatic N) is 1. The molecule has 1 N–H and O–H groups in total. The summed E-state index contributed by atoms with van der Waals surface area (Å²) in [5, 5.41) is 2.77. The first kappa shape index (κ1) is 22.0. The summed E-state index contributed by atoms with van der Waals surface area (Å²) < 4.78 is 41.7. The highest BCUT2D eigenvalue weighted by atomic mass is 32.2. The Hall–Kier alpha value is -2.67. The van der Waals surface area contributed by atoms with E-state index in [9.17, 15) is 17.6 Å². The minimum absolute atomic E-state index is 0.0107. The van der Waals surface area contributed by atoms with Crippen LogP contribution in [0, 0.1) is 12.7 Å². The molecular formula is C23H27FN2O3S. The van der Waals surface area contributed by atoms with Crippen molar-refractivity contribution in [2.45, 2.75) is 43.9 Å². The van der Waals surface area contributed by atoms with E-state index < -0.39 is 28.3 Å². The molecule has 2 aromatic carbocycles. The van der Waals surface area contributed by atoms with Crippen molar-refractivity contribution in [3.8, 4) is 0 Å². The van der Waals surface area contributed by atoms with Gasteiger partial charge in [0.2, 0.25) is 5.91 Å². The summed E-state index contributed by atoms with van der Waals surface area (Å²) in [7, 11) is -4.11. The molecule has 1 aliphatic carbocycles. The molecule has 0 saturated heterocycles. The molecule has 2 aromatic rings. The summed E-state index contributed by atoms with van der Waals surface area (Å²) in [5.41, 5.74) is 2.07. The third kappa shape index (κ3) is 5.48. The fourth-order valence-electron chi connectivity index (χ4n) is 3.47. The van der Waals surface area contributed by atoms with Crippen molar-refractivity contribution in [1.29, 1.82) is 0 Å². The van der Waals surface area contributed by atoms with Gasteiger partial charge < -0.3 is 5.32 Å². The lowest BCUT2D eigenvalue weighted by atomic mass is 9.97. The molecule has 0 bridgehead atoms. The second-order valence-electron chi connectivity index (χ2n) is 7.48. The molecule has 5 nitrogen and oxygen atoms in total. The zero-order valence-corrected chi connectivity index (χ0v) is 17.9. The fraction of sp³-hybridized carbons (Fsp3) is 0.348. The topological polar surface area (TPSA) is 66.5 Å². The van der Waals surface area contributed by atoms with Crippen LogP contribution in [0.4, 0.5) is 10.1 Å². The monoisotopic (exact) mass is 430 g/mol. The molecule has 0 radical (unpaired) electrons. The minimum atomic E-state index is -4.11. The van der Waals surface area contributed by atoms with Crippen LogP contribution >= 0.6 is 0 Å². The quantitative estimate of drug-likeness (QED) is 0.634. The molecule has 30 heavy (non-hydrogen) atoms. The number of benzene rings is 2. The van der Waals surface area contributed by atoms with Gasteiger partial charge in [-0.3, -0.25) is 9.10 Å². The van der Waals surface area contributed by atoms with Crippen LogP contribution in [0.15, 0.2) is 65.1 Å². The van der Waals surface area contributed by atoms with Gasteiger partial charge in [0.15, 0.2) is 0 Å². The van der Waals surface area contributed by atoms with Gasteiger partial charge in [0, 0.05) is 6.54 Å². The van der Waals surface area contributed by atoms with Crippen LogP contribution in [0.25, 0.3) is 0 Å². The third-order valence-electron chi connectivity index (χ3n) is 5.17. The van der Waals surface area contributed by atoms with Crippen LogP contribution in [0.2, 0.25) is 0 Å². The zero-order chi connectivity index (χ0) is 21.6. The van der Waals surface area contributed by atoms with Gasteiger partial charge in [0.1, 0.15) is 12.4 Å². The lowest BCUT2D eigenvalue weighted by Crippen LogP contribution is -2.41. The maximum absolute atomic E-state index is 14.4. The number of amides is 1. The molecule has 0 fully saturated rings. The predicted octanol–water partition coefficient (Wildman–Crippen LogP) is 4.34. The molecule has 0 saturated carbocycles. The zero-order valence-electron chi connectivity index (χ0n) is 17.1. The van der Waals surface area contributed by atoms with E-state index in [4.69, 9.17) is 0 Å². The molecule has 0 aliphatic heterocycles. The second kappa shape index (κ2) is 9.89. The first-order chi connectivity index (χ1) is 14.4.